The van der Waals surface area contributed by atoms with Crippen molar-refractivity contribution in [2.45, 2.75) is 32.2 Å². The third kappa shape index (κ3) is 6.12. The molecule has 1 aromatic carbocycles. The molecule has 0 aliphatic carbocycles. The van der Waals surface area contributed by atoms with E-state index in [4.69, 9.17) is 9.84 Å². The zero-order valence-corrected chi connectivity index (χ0v) is 12.3. The molecule has 0 fully saturated rings. The molecule has 0 saturated heterocycles. The predicted octanol–water partition coefficient (Wildman–Crippen LogP) is 2.47. The highest BCUT2D eigenvalue weighted by Gasteiger charge is 2.17. The van der Waals surface area contributed by atoms with Crippen LogP contribution in [0.2, 0.25) is 0 Å². The van der Waals surface area contributed by atoms with Crippen LogP contribution in [0.1, 0.15) is 31.7 Å². The van der Waals surface area contributed by atoms with Crippen molar-refractivity contribution in [3.05, 3.63) is 35.9 Å². The standard InChI is InChI=1S/C16H21NO4/c1-3-4-8-14(16(19)20)17-15(18)10-9-12-6-5-7-13(11-12)21-2/h5-7,9-11,14H,3-4,8H2,1-2H3,(H,17,18)(H,19,20)/b10-9+. The van der Waals surface area contributed by atoms with Gasteiger partial charge in [0.05, 0.1) is 7.11 Å². The Labute approximate surface area is 124 Å². The van der Waals surface area contributed by atoms with Crippen LogP contribution in [0.4, 0.5) is 0 Å². The van der Waals surface area contributed by atoms with E-state index >= 15 is 0 Å². The zero-order valence-electron chi connectivity index (χ0n) is 12.3. The van der Waals surface area contributed by atoms with Gasteiger partial charge in [-0.05, 0) is 30.2 Å². The van der Waals surface area contributed by atoms with E-state index in [0.717, 1.165) is 18.4 Å². The van der Waals surface area contributed by atoms with Crippen LogP contribution in [0, 0.1) is 0 Å². The molecular formula is C16H21NO4. The number of ether oxygens (including phenoxy) is 1. The molecule has 1 atom stereocenters. The highest BCUT2D eigenvalue weighted by molar-refractivity contribution is 5.94. The number of nitrogens with one attached hydrogen (secondary N) is 1. The lowest BCUT2D eigenvalue weighted by atomic mass is 10.1. The van der Waals surface area contributed by atoms with Crippen LogP contribution in [-0.2, 0) is 9.59 Å². The second kappa shape index (κ2) is 8.79. The van der Waals surface area contributed by atoms with E-state index in [1.54, 1.807) is 19.3 Å². The summed E-state index contributed by atoms with van der Waals surface area (Å²) in [5.41, 5.74) is 0.810. The number of carboxylic acids is 1. The van der Waals surface area contributed by atoms with E-state index in [1.165, 1.54) is 6.08 Å². The number of benzene rings is 1. The van der Waals surface area contributed by atoms with Crippen LogP contribution in [0.25, 0.3) is 6.08 Å². The molecule has 0 aliphatic heterocycles. The highest BCUT2D eigenvalue weighted by Crippen LogP contribution is 2.13. The van der Waals surface area contributed by atoms with Gasteiger partial charge in [0.1, 0.15) is 11.8 Å². The molecule has 0 aromatic heterocycles. The Morgan fingerprint density at radius 3 is 2.81 bits per heavy atom. The molecule has 5 nitrogen and oxygen atoms in total. The van der Waals surface area contributed by atoms with Crippen molar-refractivity contribution in [3.63, 3.8) is 0 Å². The number of carboxylic acid groups (broad SMARTS) is 1. The first-order valence-corrected chi connectivity index (χ1v) is 6.92. The fourth-order valence-corrected chi connectivity index (χ4v) is 1.80. The largest absolute Gasteiger partial charge is 0.497 e. The first-order valence-electron chi connectivity index (χ1n) is 6.92. The smallest absolute Gasteiger partial charge is 0.326 e. The molecule has 0 radical (unpaired) electrons. The third-order valence-corrected chi connectivity index (χ3v) is 2.98. The van der Waals surface area contributed by atoms with Crippen LogP contribution in [0.3, 0.4) is 0 Å². The number of unbranched alkanes of at least 4 members (excludes halogenated alkanes) is 1. The number of methoxy groups -OCH3 is 1. The molecule has 5 heteroatoms. The summed E-state index contributed by atoms with van der Waals surface area (Å²) < 4.78 is 5.09. The summed E-state index contributed by atoms with van der Waals surface area (Å²) in [6.07, 6.45) is 5.04. The van der Waals surface area contributed by atoms with Crippen LogP contribution >= 0.6 is 0 Å². The Morgan fingerprint density at radius 2 is 2.19 bits per heavy atom. The second-order valence-electron chi connectivity index (χ2n) is 4.65. The summed E-state index contributed by atoms with van der Waals surface area (Å²) >= 11 is 0. The molecule has 0 spiro atoms. The molecule has 2 N–H and O–H groups in total. The van der Waals surface area contributed by atoms with E-state index in [2.05, 4.69) is 5.32 Å². The van der Waals surface area contributed by atoms with Gasteiger partial charge in [-0.2, -0.15) is 0 Å². The Balaban J connectivity index is 2.62. The average molecular weight is 291 g/mol. The first-order chi connectivity index (χ1) is 10.1. The fourth-order valence-electron chi connectivity index (χ4n) is 1.80. The SMILES string of the molecule is CCCCC(NC(=O)/C=C/c1cccc(OC)c1)C(=O)O. The van der Waals surface area contributed by atoms with Gasteiger partial charge in [-0.25, -0.2) is 4.79 Å². The van der Waals surface area contributed by atoms with Crippen LogP contribution in [-0.4, -0.2) is 30.1 Å². The molecule has 1 amide bonds. The van der Waals surface area contributed by atoms with E-state index in [-0.39, 0.29) is 0 Å². The number of amides is 1. The summed E-state index contributed by atoms with van der Waals surface area (Å²) in [5, 5.41) is 11.5. The molecule has 1 rings (SSSR count). The fraction of sp³-hybridized carbons (Fsp3) is 0.375. The number of rotatable bonds is 8. The molecule has 1 unspecified atom stereocenters. The van der Waals surface area contributed by atoms with Gasteiger partial charge < -0.3 is 15.2 Å². The van der Waals surface area contributed by atoms with Crippen molar-refractivity contribution in [2.75, 3.05) is 7.11 Å². The van der Waals surface area contributed by atoms with Crippen LogP contribution in [0.15, 0.2) is 30.3 Å². The Bertz CT molecular complexity index is 511. The summed E-state index contributed by atoms with van der Waals surface area (Å²) in [5.74, 6) is -0.725. The van der Waals surface area contributed by atoms with Crippen molar-refractivity contribution in [1.82, 2.24) is 5.32 Å². The lowest BCUT2D eigenvalue weighted by Gasteiger charge is -2.12. The molecule has 0 bridgehead atoms. The minimum Gasteiger partial charge on any atom is -0.497 e. The van der Waals surface area contributed by atoms with Gasteiger partial charge in [-0.15, -0.1) is 0 Å². The normalized spacial score (nSPS) is 12.1. The second-order valence-corrected chi connectivity index (χ2v) is 4.65. The van der Waals surface area contributed by atoms with Gasteiger partial charge in [0, 0.05) is 6.08 Å². The molecule has 0 saturated carbocycles. The minimum absolute atomic E-state index is 0.415. The monoisotopic (exact) mass is 291 g/mol. The zero-order chi connectivity index (χ0) is 15.7. The molecule has 21 heavy (non-hydrogen) atoms. The van der Waals surface area contributed by atoms with E-state index in [1.807, 2.05) is 25.1 Å². The van der Waals surface area contributed by atoms with Gasteiger partial charge >= 0.3 is 5.97 Å². The molecule has 0 heterocycles. The first kappa shape index (κ1) is 16.8. The summed E-state index contributed by atoms with van der Waals surface area (Å²) in [6, 6.07) is 6.40. The maximum Gasteiger partial charge on any atom is 0.326 e. The maximum absolute atomic E-state index is 11.8. The van der Waals surface area contributed by atoms with Gasteiger partial charge in [-0.3, -0.25) is 4.79 Å². The number of hydrogen-bond donors (Lipinski definition) is 2. The number of hydrogen-bond acceptors (Lipinski definition) is 3. The van der Waals surface area contributed by atoms with Crippen molar-refractivity contribution in [2.24, 2.45) is 0 Å². The predicted molar refractivity (Wildman–Crippen MR) is 81.1 cm³/mol. The van der Waals surface area contributed by atoms with E-state index < -0.39 is 17.9 Å². The van der Waals surface area contributed by atoms with Crippen LogP contribution < -0.4 is 10.1 Å². The van der Waals surface area contributed by atoms with Gasteiger partial charge in [0.25, 0.3) is 0 Å². The Kier molecular flexibility index (Phi) is 7.01. The van der Waals surface area contributed by atoms with E-state index in [0.29, 0.717) is 12.2 Å². The molecular weight excluding hydrogens is 270 g/mol. The highest BCUT2D eigenvalue weighted by atomic mass is 16.5. The van der Waals surface area contributed by atoms with Crippen molar-refractivity contribution in [1.29, 1.82) is 0 Å². The van der Waals surface area contributed by atoms with Gasteiger partial charge in [0.2, 0.25) is 5.91 Å². The van der Waals surface area contributed by atoms with E-state index in [9.17, 15) is 9.59 Å². The number of carbonyl (C=O) groups is 2. The average Bonchev–Trinajstić information content (AvgIpc) is 2.49. The molecule has 0 aliphatic rings. The third-order valence-electron chi connectivity index (χ3n) is 2.98. The van der Waals surface area contributed by atoms with Gasteiger partial charge in [-0.1, -0.05) is 31.9 Å². The Morgan fingerprint density at radius 1 is 1.43 bits per heavy atom. The quantitative estimate of drug-likeness (QED) is 0.721. The maximum atomic E-state index is 11.8. The lowest BCUT2D eigenvalue weighted by Crippen LogP contribution is -2.39. The van der Waals surface area contributed by atoms with Crippen LogP contribution in [0.5, 0.6) is 5.75 Å². The van der Waals surface area contributed by atoms with Crippen molar-refractivity contribution < 1.29 is 19.4 Å². The topological polar surface area (TPSA) is 75.6 Å². The minimum atomic E-state index is -1.01. The number of carbonyl (C=O) groups excluding carboxylic acids is 1. The molecule has 1 aromatic rings. The van der Waals surface area contributed by atoms with Crippen molar-refractivity contribution >= 4 is 18.0 Å². The van der Waals surface area contributed by atoms with Crippen molar-refractivity contribution in [3.8, 4) is 5.75 Å². The Hall–Kier alpha value is -2.30. The molecule has 114 valence electrons. The lowest BCUT2D eigenvalue weighted by molar-refractivity contribution is -0.141. The summed E-state index contributed by atoms with van der Waals surface area (Å²) in [4.78, 5) is 22.8. The number of aliphatic carboxylic acids is 1. The summed E-state index contributed by atoms with van der Waals surface area (Å²) in [7, 11) is 1.57. The summed E-state index contributed by atoms with van der Waals surface area (Å²) in [6.45, 7) is 1.98. The van der Waals surface area contributed by atoms with Gasteiger partial charge in [0.15, 0.2) is 0 Å².